The van der Waals surface area contributed by atoms with Crippen molar-refractivity contribution in [2.45, 2.75) is 44.5 Å². The highest BCUT2D eigenvalue weighted by atomic mass is 35.5. The first-order valence-corrected chi connectivity index (χ1v) is 14.2. The lowest BCUT2D eigenvalue weighted by Gasteiger charge is -2.32. The predicted octanol–water partition coefficient (Wildman–Crippen LogP) is 6.92. The van der Waals surface area contributed by atoms with Crippen LogP contribution in [0, 0.1) is 5.82 Å². The highest BCUT2D eigenvalue weighted by Crippen LogP contribution is 2.28. The molecule has 0 bridgehead atoms. The molecular weight excluding hydrogens is 530 g/mol. The van der Waals surface area contributed by atoms with Crippen molar-refractivity contribution in [3.05, 3.63) is 105 Å². The van der Waals surface area contributed by atoms with E-state index in [2.05, 4.69) is 12.2 Å². The summed E-state index contributed by atoms with van der Waals surface area (Å²) in [6, 6.07) is 20.5. The Morgan fingerprint density at radius 3 is 2.32 bits per heavy atom. The molecule has 0 aromatic heterocycles. The Balaban J connectivity index is 1.88. The summed E-state index contributed by atoms with van der Waals surface area (Å²) in [5.41, 5.74) is 2.04. The van der Waals surface area contributed by atoms with Crippen LogP contribution in [0.3, 0.4) is 0 Å². The van der Waals surface area contributed by atoms with E-state index in [9.17, 15) is 14.0 Å². The van der Waals surface area contributed by atoms with E-state index >= 15 is 0 Å². The second kappa shape index (κ2) is 15.0. The minimum Gasteiger partial charge on any atom is -0.354 e. The molecule has 8 heteroatoms. The van der Waals surface area contributed by atoms with Crippen molar-refractivity contribution in [2.75, 3.05) is 12.3 Å². The second-order valence-corrected chi connectivity index (χ2v) is 10.5. The molecule has 3 rings (SSSR count). The van der Waals surface area contributed by atoms with Crippen molar-refractivity contribution in [1.29, 1.82) is 0 Å². The predicted molar refractivity (Wildman–Crippen MR) is 151 cm³/mol. The van der Waals surface area contributed by atoms with E-state index in [0.717, 1.165) is 18.4 Å². The number of nitrogens with one attached hydrogen (secondary N) is 1. The molecule has 0 radical (unpaired) electrons. The maximum absolute atomic E-state index is 14.1. The van der Waals surface area contributed by atoms with Crippen LogP contribution in [-0.2, 0) is 28.3 Å². The lowest BCUT2D eigenvalue weighted by atomic mass is 10.0. The van der Waals surface area contributed by atoms with E-state index in [-0.39, 0.29) is 29.9 Å². The van der Waals surface area contributed by atoms with Crippen LogP contribution in [0.2, 0.25) is 10.0 Å². The molecule has 0 fully saturated rings. The van der Waals surface area contributed by atoms with Gasteiger partial charge in [-0.3, -0.25) is 9.59 Å². The number of nitrogens with zero attached hydrogens (tertiary/aromatic N) is 1. The summed E-state index contributed by atoms with van der Waals surface area (Å²) < 4.78 is 14.1. The van der Waals surface area contributed by atoms with Crippen LogP contribution in [0.15, 0.2) is 72.8 Å². The molecule has 0 saturated heterocycles. The summed E-state index contributed by atoms with van der Waals surface area (Å²) in [6.45, 7) is 2.66. The van der Waals surface area contributed by atoms with Crippen molar-refractivity contribution in [1.82, 2.24) is 10.2 Å². The number of hydrogen-bond donors (Lipinski definition) is 1. The topological polar surface area (TPSA) is 49.4 Å². The fraction of sp³-hybridized carbons (Fsp3) is 0.310. The van der Waals surface area contributed by atoms with Crippen LogP contribution in [0.5, 0.6) is 0 Å². The largest absolute Gasteiger partial charge is 0.354 e. The van der Waals surface area contributed by atoms with Gasteiger partial charge in [0.2, 0.25) is 11.8 Å². The summed E-state index contributed by atoms with van der Waals surface area (Å²) in [7, 11) is 0. The van der Waals surface area contributed by atoms with Gasteiger partial charge in [-0.2, -0.15) is 0 Å². The van der Waals surface area contributed by atoms with Gasteiger partial charge in [0, 0.05) is 40.9 Å². The number of carbonyl (C=O) groups excluding carboxylic acids is 2. The van der Waals surface area contributed by atoms with Crippen LogP contribution >= 0.6 is 35.0 Å². The fourth-order valence-corrected chi connectivity index (χ4v) is 5.27. The molecule has 0 saturated carbocycles. The van der Waals surface area contributed by atoms with Gasteiger partial charge in [-0.25, -0.2) is 4.39 Å². The molecule has 1 atom stereocenters. The van der Waals surface area contributed by atoms with Gasteiger partial charge >= 0.3 is 0 Å². The highest BCUT2D eigenvalue weighted by molar-refractivity contribution is 7.99. The molecule has 4 nitrogen and oxygen atoms in total. The molecule has 37 heavy (non-hydrogen) atoms. The first kappa shape index (κ1) is 29.0. The summed E-state index contributed by atoms with van der Waals surface area (Å²) in [4.78, 5) is 28.6. The number of rotatable bonds is 13. The Hall–Kier alpha value is -2.54. The van der Waals surface area contributed by atoms with Crippen molar-refractivity contribution in [3.8, 4) is 0 Å². The summed E-state index contributed by atoms with van der Waals surface area (Å²) >= 11 is 14.2. The summed E-state index contributed by atoms with van der Waals surface area (Å²) in [6.07, 6.45) is 2.12. The van der Waals surface area contributed by atoms with E-state index in [1.165, 1.54) is 17.8 Å². The van der Waals surface area contributed by atoms with Crippen molar-refractivity contribution in [2.24, 2.45) is 0 Å². The third-order valence-corrected chi connectivity index (χ3v) is 7.61. The number of halogens is 3. The van der Waals surface area contributed by atoms with Gasteiger partial charge in [0.15, 0.2) is 0 Å². The third-order valence-electron chi connectivity index (χ3n) is 5.93. The first-order valence-electron chi connectivity index (χ1n) is 12.3. The maximum Gasteiger partial charge on any atom is 0.243 e. The number of hydrogen-bond acceptors (Lipinski definition) is 3. The average molecular weight is 562 g/mol. The first-order chi connectivity index (χ1) is 17.9. The van der Waals surface area contributed by atoms with Gasteiger partial charge < -0.3 is 10.2 Å². The van der Waals surface area contributed by atoms with E-state index in [1.54, 1.807) is 41.3 Å². The third kappa shape index (κ3) is 8.77. The number of amides is 2. The zero-order chi connectivity index (χ0) is 26.6. The second-order valence-electron chi connectivity index (χ2n) is 8.66. The molecule has 1 N–H and O–H groups in total. The normalized spacial score (nSPS) is 11.7. The molecule has 196 valence electrons. The minimum absolute atomic E-state index is 0.0733. The number of benzene rings is 3. The number of thioether (sulfide) groups is 1. The number of unbranched alkanes of at least 4 members (excludes halogenated alkanes) is 1. The highest BCUT2D eigenvalue weighted by Gasteiger charge is 2.31. The quantitative estimate of drug-likeness (QED) is 0.231. The lowest BCUT2D eigenvalue weighted by molar-refractivity contribution is -0.139. The molecule has 3 aromatic rings. The van der Waals surface area contributed by atoms with Crippen molar-refractivity contribution < 1.29 is 14.0 Å². The van der Waals surface area contributed by atoms with Crippen LogP contribution < -0.4 is 5.32 Å². The average Bonchev–Trinajstić information content (AvgIpc) is 2.89. The van der Waals surface area contributed by atoms with Crippen LogP contribution in [0.1, 0.15) is 36.5 Å². The monoisotopic (exact) mass is 560 g/mol. The number of carbonyl (C=O) groups is 2. The van der Waals surface area contributed by atoms with Gasteiger partial charge in [0.1, 0.15) is 11.9 Å². The molecule has 0 heterocycles. The Labute approximate surface area is 232 Å². The van der Waals surface area contributed by atoms with Gasteiger partial charge in [0.25, 0.3) is 0 Å². The minimum atomic E-state index is -0.770. The maximum atomic E-state index is 14.1. The van der Waals surface area contributed by atoms with Gasteiger partial charge in [-0.05, 0) is 35.7 Å². The lowest BCUT2D eigenvalue weighted by Crippen LogP contribution is -2.51. The van der Waals surface area contributed by atoms with Gasteiger partial charge in [-0.15, -0.1) is 11.8 Å². The molecule has 0 aliphatic heterocycles. The Morgan fingerprint density at radius 2 is 1.65 bits per heavy atom. The Morgan fingerprint density at radius 1 is 0.973 bits per heavy atom. The van der Waals surface area contributed by atoms with Crippen LogP contribution in [0.4, 0.5) is 4.39 Å². The van der Waals surface area contributed by atoms with Gasteiger partial charge in [0.05, 0.1) is 5.75 Å². The summed E-state index contributed by atoms with van der Waals surface area (Å²) in [5, 5.41) is 3.84. The standard InChI is InChI=1S/C29H31Cl2FN2O2S/c1-2-3-16-33-29(36)27(17-21-10-5-4-6-11-21)34(18-23-24(30)13-9-14-25(23)31)28(35)20-37-19-22-12-7-8-15-26(22)32/h4-15,27H,2-3,16-20H2,1H3,(H,33,36)/t27-/m1/s1. The fourth-order valence-electron chi connectivity index (χ4n) is 3.86. The van der Waals surface area contributed by atoms with E-state index in [1.807, 2.05) is 30.3 Å². The van der Waals surface area contributed by atoms with E-state index in [0.29, 0.717) is 39.9 Å². The molecule has 3 aromatic carbocycles. The van der Waals surface area contributed by atoms with Crippen LogP contribution in [0.25, 0.3) is 0 Å². The zero-order valence-corrected chi connectivity index (χ0v) is 23.1. The Kier molecular flexibility index (Phi) is 11.8. The van der Waals surface area contributed by atoms with Crippen molar-refractivity contribution >= 4 is 46.8 Å². The molecular formula is C29H31Cl2FN2O2S. The molecule has 0 aliphatic rings. The smallest absolute Gasteiger partial charge is 0.243 e. The molecule has 0 spiro atoms. The Bertz CT molecular complexity index is 1160. The van der Waals surface area contributed by atoms with E-state index < -0.39 is 6.04 Å². The molecule has 0 unspecified atom stereocenters. The van der Waals surface area contributed by atoms with Crippen molar-refractivity contribution in [3.63, 3.8) is 0 Å². The molecule has 2 amide bonds. The van der Waals surface area contributed by atoms with Crippen LogP contribution in [-0.4, -0.2) is 35.1 Å². The SMILES string of the molecule is CCCCNC(=O)[C@@H](Cc1ccccc1)N(Cc1c(Cl)cccc1Cl)C(=O)CSCc1ccccc1F. The van der Waals surface area contributed by atoms with E-state index in [4.69, 9.17) is 23.2 Å². The zero-order valence-electron chi connectivity index (χ0n) is 20.8. The molecule has 0 aliphatic carbocycles. The van der Waals surface area contributed by atoms with Gasteiger partial charge in [-0.1, -0.05) is 91.1 Å². The summed E-state index contributed by atoms with van der Waals surface area (Å²) in [5.74, 6) is -0.369.